The number of hydrogen-bond donors (Lipinski definition) is 2. The van der Waals surface area contributed by atoms with E-state index in [0.29, 0.717) is 17.5 Å². The smallest absolute Gasteiger partial charge is 0.169 e. The lowest BCUT2D eigenvalue weighted by molar-refractivity contribution is 0.565. The van der Waals surface area contributed by atoms with Crippen molar-refractivity contribution in [3.63, 3.8) is 0 Å². The fourth-order valence-corrected chi connectivity index (χ4v) is 5.00. The molecule has 1 saturated heterocycles. The second kappa shape index (κ2) is 9.07. The van der Waals surface area contributed by atoms with Crippen molar-refractivity contribution in [1.82, 2.24) is 5.32 Å². The predicted octanol–water partition coefficient (Wildman–Crippen LogP) is 5.31. The molecule has 0 saturated carbocycles. The second-order valence-corrected chi connectivity index (χ2v) is 9.66. The first-order valence-corrected chi connectivity index (χ1v) is 11.6. The van der Waals surface area contributed by atoms with Gasteiger partial charge in [0.2, 0.25) is 0 Å². The molecule has 0 aliphatic carbocycles. The van der Waals surface area contributed by atoms with Crippen molar-refractivity contribution in [3.05, 3.63) is 58.7 Å². The van der Waals surface area contributed by atoms with Crippen LogP contribution in [0.3, 0.4) is 0 Å². The predicted molar refractivity (Wildman–Crippen MR) is 124 cm³/mol. The molecular weight excluding hydrogens is 376 g/mol. The number of aryl methyl sites for hydroxylation is 1. The molecule has 0 aromatic heterocycles. The first-order chi connectivity index (χ1) is 13.8. The Bertz CT molecular complexity index is 973. The molecule has 29 heavy (non-hydrogen) atoms. The van der Waals surface area contributed by atoms with E-state index in [1.807, 2.05) is 13.8 Å². The summed E-state index contributed by atoms with van der Waals surface area (Å²) in [5.74, 6) is 7.53. The van der Waals surface area contributed by atoms with E-state index in [1.165, 1.54) is 22.3 Å². The van der Waals surface area contributed by atoms with Crippen LogP contribution in [0.2, 0.25) is 0 Å². The van der Waals surface area contributed by atoms with Gasteiger partial charge < -0.3 is 9.87 Å². The molecule has 3 nitrogen and oxygen atoms in total. The molecule has 4 unspecified atom stereocenters. The Balaban J connectivity index is 2.09. The zero-order chi connectivity index (χ0) is 21.1. The number of rotatable bonds is 4. The highest BCUT2D eigenvalue weighted by molar-refractivity contribution is 7.92. The fourth-order valence-electron chi connectivity index (χ4n) is 3.77. The van der Waals surface area contributed by atoms with Gasteiger partial charge in [-0.05, 0) is 90.3 Å². The molecule has 2 aromatic rings. The van der Waals surface area contributed by atoms with E-state index < -0.39 is 11.2 Å². The van der Waals surface area contributed by atoms with Crippen molar-refractivity contribution in [1.29, 1.82) is 5.41 Å². The summed E-state index contributed by atoms with van der Waals surface area (Å²) in [7, 11) is 0. The highest BCUT2D eigenvalue weighted by Gasteiger charge is 2.34. The summed E-state index contributed by atoms with van der Waals surface area (Å²) in [4.78, 5) is 0. The maximum absolute atomic E-state index is 12.4. The van der Waals surface area contributed by atoms with Crippen LogP contribution in [0, 0.1) is 24.2 Å². The van der Waals surface area contributed by atoms with Crippen LogP contribution in [0.25, 0.3) is 11.1 Å². The van der Waals surface area contributed by atoms with Crippen molar-refractivity contribution in [3.8, 4) is 23.0 Å². The number of nitrogens with one attached hydrogen (secondary N) is 2. The SMILES string of the molecule is CC#Cc1ccc(C(C)CC)c(-c2cc(C3C[S+]([O-])C(C)C(=N)N3)ccc2C)c1. The molecule has 0 bridgehead atoms. The third-order valence-corrected chi connectivity index (χ3v) is 7.57. The van der Waals surface area contributed by atoms with Gasteiger partial charge in [0, 0.05) is 5.56 Å². The Labute approximate surface area is 178 Å². The van der Waals surface area contributed by atoms with Gasteiger partial charge in [-0.25, -0.2) is 0 Å². The first kappa shape index (κ1) is 21.5. The van der Waals surface area contributed by atoms with Crippen molar-refractivity contribution < 1.29 is 4.55 Å². The van der Waals surface area contributed by atoms with Crippen LogP contribution >= 0.6 is 0 Å². The second-order valence-electron chi connectivity index (χ2n) is 7.86. The van der Waals surface area contributed by atoms with Crippen LogP contribution in [0.15, 0.2) is 36.4 Å². The average Bonchev–Trinajstić information content (AvgIpc) is 2.71. The number of hydrogen-bond acceptors (Lipinski definition) is 2. The third-order valence-electron chi connectivity index (χ3n) is 5.88. The van der Waals surface area contributed by atoms with E-state index in [-0.39, 0.29) is 11.3 Å². The molecule has 2 aromatic carbocycles. The summed E-state index contributed by atoms with van der Waals surface area (Å²) in [6.07, 6.45) is 1.07. The molecule has 0 amide bonds. The Hall–Kier alpha value is -2.22. The van der Waals surface area contributed by atoms with E-state index in [1.54, 1.807) is 0 Å². The monoisotopic (exact) mass is 406 g/mol. The Kier molecular flexibility index (Phi) is 6.72. The van der Waals surface area contributed by atoms with Gasteiger partial charge in [0.15, 0.2) is 5.25 Å². The summed E-state index contributed by atoms with van der Waals surface area (Å²) in [5.41, 5.74) is 7.05. The molecule has 1 aliphatic rings. The van der Waals surface area contributed by atoms with E-state index >= 15 is 0 Å². The van der Waals surface area contributed by atoms with Gasteiger partial charge in [-0.2, -0.15) is 0 Å². The Morgan fingerprint density at radius 2 is 2.00 bits per heavy atom. The average molecular weight is 407 g/mol. The molecule has 3 rings (SSSR count). The van der Waals surface area contributed by atoms with Crippen LogP contribution in [-0.4, -0.2) is 21.4 Å². The minimum absolute atomic E-state index is 0.0930. The van der Waals surface area contributed by atoms with Crippen LogP contribution in [0.5, 0.6) is 0 Å². The van der Waals surface area contributed by atoms with Gasteiger partial charge in [-0.15, -0.1) is 5.92 Å². The third kappa shape index (κ3) is 4.52. The highest BCUT2D eigenvalue weighted by Crippen LogP contribution is 2.35. The topological polar surface area (TPSA) is 58.9 Å². The molecule has 2 N–H and O–H groups in total. The van der Waals surface area contributed by atoms with Gasteiger partial charge >= 0.3 is 0 Å². The van der Waals surface area contributed by atoms with Crippen LogP contribution < -0.4 is 5.32 Å². The minimum atomic E-state index is -1.03. The molecule has 1 fully saturated rings. The maximum Gasteiger partial charge on any atom is 0.169 e. The zero-order valence-electron chi connectivity index (χ0n) is 17.9. The summed E-state index contributed by atoms with van der Waals surface area (Å²) in [6, 6.07) is 12.9. The summed E-state index contributed by atoms with van der Waals surface area (Å²) < 4.78 is 12.4. The van der Waals surface area contributed by atoms with Crippen molar-refractivity contribution >= 4 is 17.0 Å². The van der Waals surface area contributed by atoms with Crippen molar-refractivity contribution in [2.75, 3.05) is 5.75 Å². The Morgan fingerprint density at radius 3 is 2.66 bits per heavy atom. The molecule has 4 atom stereocenters. The number of benzene rings is 2. The Morgan fingerprint density at radius 1 is 1.24 bits per heavy atom. The largest absolute Gasteiger partial charge is 0.616 e. The maximum atomic E-state index is 12.4. The lowest BCUT2D eigenvalue weighted by Crippen LogP contribution is -2.48. The zero-order valence-corrected chi connectivity index (χ0v) is 18.7. The van der Waals surface area contributed by atoms with Crippen molar-refractivity contribution in [2.45, 2.75) is 58.2 Å². The molecule has 1 aliphatic heterocycles. The normalized spacial score (nSPS) is 22.4. The highest BCUT2D eigenvalue weighted by atomic mass is 32.2. The van der Waals surface area contributed by atoms with Gasteiger partial charge in [0.1, 0.15) is 11.6 Å². The van der Waals surface area contributed by atoms with E-state index in [9.17, 15) is 4.55 Å². The molecule has 4 heteroatoms. The van der Waals surface area contributed by atoms with Crippen LogP contribution in [-0.2, 0) is 11.2 Å². The first-order valence-electron chi connectivity index (χ1n) is 10.3. The lowest BCUT2D eigenvalue weighted by Gasteiger charge is -2.32. The van der Waals surface area contributed by atoms with Gasteiger partial charge in [-0.3, -0.25) is 5.41 Å². The molecular formula is C25H30N2OS. The fraction of sp³-hybridized carbons (Fsp3) is 0.400. The molecule has 152 valence electrons. The minimum Gasteiger partial charge on any atom is -0.616 e. The van der Waals surface area contributed by atoms with Crippen molar-refractivity contribution in [2.24, 2.45) is 0 Å². The number of amidine groups is 1. The summed E-state index contributed by atoms with van der Waals surface area (Å²) in [5, 5.41) is 11.2. The molecule has 1 heterocycles. The summed E-state index contributed by atoms with van der Waals surface area (Å²) >= 11 is -1.03. The van der Waals surface area contributed by atoms with Gasteiger partial charge in [0.25, 0.3) is 0 Å². The van der Waals surface area contributed by atoms with Gasteiger partial charge in [0.05, 0.1) is 6.04 Å². The van der Waals surface area contributed by atoms with E-state index in [0.717, 1.165) is 17.5 Å². The van der Waals surface area contributed by atoms with Crippen LogP contribution in [0.1, 0.15) is 68.3 Å². The quantitative estimate of drug-likeness (QED) is 0.534. The van der Waals surface area contributed by atoms with E-state index in [4.69, 9.17) is 5.41 Å². The molecule has 0 radical (unpaired) electrons. The van der Waals surface area contributed by atoms with E-state index in [2.05, 4.69) is 74.3 Å². The van der Waals surface area contributed by atoms with Crippen LogP contribution in [0.4, 0.5) is 0 Å². The molecule has 0 spiro atoms. The standard InChI is InChI=1S/C25H30N2OS/c1-6-8-19-10-12-21(16(3)7-2)23(13-19)22-14-20(11-9-17(22)4)24-15-29(28)18(5)25(26)27-24/h9-14,16,18,24H,7,15H2,1-5H3,(H2,26,27). The summed E-state index contributed by atoms with van der Waals surface area (Å²) in [6.45, 7) is 10.3. The lowest BCUT2D eigenvalue weighted by atomic mass is 9.86. The van der Waals surface area contributed by atoms with Gasteiger partial charge in [-0.1, -0.05) is 38.0 Å².